The zero-order valence-corrected chi connectivity index (χ0v) is 21.2. The Bertz CT molecular complexity index is 813. The lowest BCUT2D eigenvalue weighted by atomic mass is 10.0. The molecule has 2 rings (SSSR count). The molecule has 2 atom stereocenters. The zero-order valence-electron chi connectivity index (χ0n) is 21.2. The molecule has 0 spiro atoms. The number of nitrogens with zero attached hydrogens (tertiary/aromatic N) is 1. The predicted molar refractivity (Wildman–Crippen MR) is 129 cm³/mol. The Morgan fingerprint density at radius 3 is 2.21 bits per heavy atom. The largest absolute Gasteiger partial charge is 0.488 e. The molecule has 1 aromatic carbocycles. The summed E-state index contributed by atoms with van der Waals surface area (Å²) in [5, 5.41) is 5.44. The van der Waals surface area contributed by atoms with Crippen LogP contribution in [0.1, 0.15) is 47.1 Å². The molecule has 190 valence electrons. The molecule has 1 aliphatic rings. The Kier molecular flexibility index (Phi) is 10.3. The van der Waals surface area contributed by atoms with Gasteiger partial charge in [0.15, 0.2) is 0 Å². The maximum Gasteiger partial charge on any atom is 0.329 e. The number of hydrogen-bond acceptors (Lipinski definition) is 7. The Labute approximate surface area is 202 Å². The molecule has 2 N–H and O–H groups in total. The van der Waals surface area contributed by atoms with E-state index < -0.39 is 24.0 Å². The SMILES string of the molecule is CC(C)OC(=O)[C@H](Cc1ccc(OC(C)(C)C)cc1)NC(=O)[C@H](C)NC(=O)CN1CCOCC1. The van der Waals surface area contributed by atoms with Crippen LogP contribution in [0, 0.1) is 0 Å². The molecular formula is C25H39N3O6. The van der Waals surface area contributed by atoms with Gasteiger partial charge in [-0.3, -0.25) is 14.5 Å². The van der Waals surface area contributed by atoms with Crippen LogP contribution in [-0.4, -0.2) is 79.3 Å². The van der Waals surface area contributed by atoms with Crippen LogP contribution in [0.15, 0.2) is 24.3 Å². The van der Waals surface area contributed by atoms with Crippen molar-refractivity contribution in [2.45, 2.75) is 71.8 Å². The monoisotopic (exact) mass is 477 g/mol. The summed E-state index contributed by atoms with van der Waals surface area (Å²) in [5.41, 5.74) is 0.526. The molecule has 0 bridgehead atoms. The molecule has 2 amide bonds. The van der Waals surface area contributed by atoms with E-state index in [1.54, 1.807) is 20.8 Å². The van der Waals surface area contributed by atoms with Crippen LogP contribution in [0.4, 0.5) is 0 Å². The van der Waals surface area contributed by atoms with Gasteiger partial charge in [-0.25, -0.2) is 4.79 Å². The number of morpholine rings is 1. The third-order valence-electron chi connectivity index (χ3n) is 4.98. The molecule has 34 heavy (non-hydrogen) atoms. The van der Waals surface area contributed by atoms with E-state index in [9.17, 15) is 14.4 Å². The van der Waals surface area contributed by atoms with Gasteiger partial charge >= 0.3 is 5.97 Å². The molecule has 1 aliphatic heterocycles. The number of carbonyl (C=O) groups is 3. The Hall–Kier alpha value is -2.65. The molecule has 1 fully saturated rings. The van der Waals surface area contributed by atoms with Gasteiger partial charge in [0.1, 0.15) is 23.4 Å². The van der Waals surface area contributed by atoms with Gasteiger partial charge in [-0.1, -0.05) is 12.1 Å². The quantitative estimate of drug-likeness (QED) is 0.494. The van der Waals surface area contributed by atoms with E-state index in [0.717, 1.165) is 11.3 Å². The Morgan fingerprint density at radius 1 is 1.03 bits per heavy atom. The van der Waals surface area contributed by atoms with E-state index >= 15 is 0 Å². The van der Waals surface area contributed by atoms with Crippen molar-refractivity contribution in [3.05, 3.63) is 29.8 Å². The highest BCUT2D eigenvalue weighted by molar-refractivity contribution is 5.91. The molecule has 0 unspecified atom stereocenters. The van der Waals surface area contributed by atoms with E-state index in [2.05, 4.69) is 10.6 Å². The van der Waals surface area contributed by atoms with Crippen molar-refractivity contribution in [2.24, 2.45) is 0 Å². The maximum absolute atomic E-state index is 12.8. The van der Waals surface area contributed by atoms with Crippen molar-refractivity contribution in [3.63, 3.8) is 0 Å². The van der Waals surface area contributed by atoms with E-state index in [-0.39, 0.29) is 30.6 Å². The molecule has 0 radical (unpaired) electrons. The lowest BCUT2D eigenvalue weighted by Gasteiger charge is -2.26. The Morgan fingerprint density at radius 2 is 1.65 bits per heavy atom. The summed E-state index contributed by atoms with van der Waals surface area (Å²) in [7, 11) is 0. The van der Waals surface area contributed by atoms with Crippen LogP contribution in [0.25, 0.3) is 0 Å². The third kappa shape index (κ3) is 10.1. The van der Waals surface area contributed by atoms with Crippen LogP contribution in [0.3, 0.4) is 0 Å². The van der Waals surface area contributed by atoms with Crippen LogP contribution < -0.4 is 15.4 Å². The first-order chi connectivity index (χ1) is 15.9. The molecule has 9 heteroatoms. The lowest BCUT2D eigenvalue weighted by molar-refractivity contribution is -0.151. The highest BCUT2D eigenvalue weighted by Crippen LogP contribution is 2.19. The number of carbonyl (C=O) groups excluding carboxylic acids is 3. The van der Waals surface area contributed by atoms with Crippen molar-refractivity contribution < 1.29 is 28.6 Å². The maximum atomic E-state index is 12.8. The van der Waals surface area contributed by atoms with Crippen LogP contribution in [0.5, 0.6) is 5.75 Å². The second-order valence-electron chi connectivity index (χ2n) is 9.79. The number of nitrogens with one attached hydrogen (secondary N) is 2. The average molecular weight is 478 g/mol. The van der Waals surface area contributed by atoms with Gasteiger partial charge in [-0.05, 0) is 59.2 Å². The van der Waals surface area contributed by atoms with Gasteiger partial charge in [0.2, 0.25) is 11.8 Å². The van der Waals surface area contributed by atoms with Crippen molar-refractivity contribution >= 4 is 17.8 Å². The number of rotatable bonds is 10. The number of esters is 1. The van der Waals surface area contributed by atoms with Gasteiger partial charge < -0.3 is 24.8 Å². The second kappa shape index (κ2) is 12.7. The van der Waals surface area contributed by atoms with Crippen molar-refractivity contribution in [3.8, 4) is 5.75 Å². The van der Waals surface area contributed by atoms with E-state index in [4.69, 9.17) is 14.2 Å². The highest BCUT2D eigenvalue weighted by atomic mass is 16.5. The van der Waals surface area contributed by atoms with Crippen molar-refractivity contribution in [1.82, 2.24) is 15.5 Å². The topological polar surface area (TPSA) is 106 Å². The normalized spacial score (nSPS) is 16.4. The second-order valence-corrected chi connectivity index (χ2v) is 9.79. The Balaban J connectivity index is 1.98. The molecular weight excluding hydrogens is 438 g/mol. The smallest absolute Gasteiger partial charge is 0.329 e. The van der Waals surface area contributed by atoms with E-state index in [1.807, 2.05) is 49.9 Å². The first-order valence-electron chi connectivity index (χ1n) is 11.8. The van der Waals surface area contributed by atoms with Gasteiger partial charge in [0.25, 0.3) is 0 Å². The molecule has 1 saturated heterocycles. The highest BCUT2D eigenvalue weighted by Gasteiger charge is 2.27. The first-order valence-corrected chi connectivity index (χ1v) is 11.8. The van der Waals surface area contributed by atoms with Gasteiger partial charge in [0, 0.05) is 19.5 Å². The first kappa shape index (κ1) is 27.6. The van der Waals surface area contributed by atoms with Gasteiger partial charge in [-0.2, -0.15) is 0 Å². The van der Waals surface area contributed by atoms with Crippen molar-refractivity contribution in [1.29, 1.82) is 0 Å². The molecule has 1 heterocycles. The van der Waals surface area contributed by atoms with Gasteiger partial charge in [0.05, 0.1) is 25.9 Å². The minimum atomic E-state index is -0.886. The summed E-state index contributed by atoms with van der Waals surface area (Å²) in [6.45, 7) is 13.7. The fourth-order valence-electron chi connectivity index (χ4n) is 3.40. The third-order valence-corrected chi connectivity index (χ3v) is 4.98. The fraction of sp³-hybridized carbons (Fsp3) is 0.640. The summed E-state index contributed by atoms with van der Waals surface area (Å²) >= 11 is 0. The zero-order chi connectivity index (χ0) is 25.3. The van der Waals surface area contributed by atoms with Gasteiger partial charge in [-0.15, -0.1) is 0 Å². The summed E-state index contributed by atoms with van der Waals surface area (Å²) in [6, 6.07) is 5.70. The molecule has 9 nitrogen and oxygen atoms in total. The molecule has 0 aliphatic carbocycles. The number of hydrogen-bond donors (Lipinski definition) is 2. The number of ether oxygens (including phenoxy) is 3. The van der Waals surface area contributed by atoms with E-state index in [1.165, 1.54) is 0 Å². The van der Waals surface area contributed by atoms with Crippen LogP contribution in [0.2, 0.25) is 0 Å². The fourth-order valence-corrected chi connectivity index (χ4v) is 3.40. The number of amides is 2. The minimum absolute atomic E-state index is 0.197. The molecule has 1 aromatic rings. The summed E-state index contributed by atoms with van der Waals surface area (Å²) < 4.78 is 16.5. The number of benzene rings is 1. The van der Waals surface area contributed by atoms with Crippen LogP contribution >= 0.6 is 0 Å². The summed E-state index contributed by atoms with van der Waals surface area (Å²) in [4.78, 5) is 39.8. The summed E-state index contributed by atoms with van der Waals surface area (Å²) in [5.74, 6) is -0.502. The predicted octanol–water partition coefficient (Wildman–Crippen LogP) is 1.68. The minimum Gasteiger partial charge on any atom is -0.488 e. The molecule has 0 aromatic heterocycles. The van der Waals surface area contributed by atoms with Crippen molar-refractivity contribution in [2.75, 3.05) is 32.8 Å². The summed E-state index contributed by atoms with van der Waals surface area (Å²) in [6.07, 6.45) is -0.0678. The molecule has 0 saturated carbocycles. The van der Waals surface area contributed by atoms with E-state index in [0.29, 0.717) is 26.3 Å². The average Bonchev–Trinajstić information content (AvgIpc) is 2.73. The standard InChI is InChI=1S/C25H39N3O6/c1-17(2)33-24(31)21(15-19-7-9-20(10-8-19)34-25(4,5)6)27-23(30)18(3)26-22(29)16-28-11-13-32-14-12-28/h7-10,17-18,21H,11-16H2,1-6H3,(H,26,29)(H,27,30)/t18-,21-/m0/s1. The lowest BCUT2D eigenvalue weighted by Crippen LogP contribution is -2.53. The van der Waals surface area contributed by atoms with Crippen LogP contribution in [-0.2, 0) is 30.3 Å².